The van der Waals surface area contributed by atoms with E-state index < -0.39 is 11.8 Å². The van der Waals surface area contributed by atoms with Gasteiger partial charge >= 0.3 is 5.97 Å². The van der Waals surface area contributed by atoms with Crippen molar-refractivity contribution in [3.8, 4) is 11.1 Å². The minimum absolute atomic E-state index is 0.165. The van der Waals surface area contributed by atoms with Crippen LogP contribution in [-0.4, -0.2) is 11.1 Å². The van der Waals surface area contributed by atoms with Gasteiger partial charge in [-0.3, -0.25) is 4.79 Å². The summed E-state index contributed by atoms with van der Waals surface area (Å²) in [7, 11) is 0. The summed E-state index contributed by atoms with van der Waals surface area (Å²) in [6.45, 7) is 0. The van der Waals surface area contributed by atoms with Crippen LogP contribution in [0, 0.1) is 5.82 Å². The van der Waals surface area contributed by atoms with Crippen molar-refractivity contribution < 1.29 is 14.3 Å². The molecule has 2 aromatic carbocycles. The molecule has 0 saturated carbocycles. The predicted octanol–water partition coefficient (Wildman–Crippen LogP) is 3.77. The highest BCUT2D eigenvalue weighted by atomic mass is 35.5. The Hall–Kier alpha value is -1.87. The maximum Gasteiger partial charge on any atom is 0.307 e. The quantitative estimate of drug-likeness (QED) is 0.916. The Morgan fingerprint density at radius 2 is 1.94 bits per heavy atom. The topological polar surface area (TPSA) is 37.3 Å². The molecule has 0 fully saturated rings. The Morgan fingerprint density at radius 3 is 2.56 bits per heavy atom. The van der Waals surface area contributed by atoms with Crippen LogP contribution in [-0.2, 0) is 11.2 Å². The van der Waals surface area contributed by atoms with Gasteiger partial charge in [0.05, 0.1) is 6.42 Å². The van der Waals surface area contributed by atoms with E-state index in [0.29, 0.717) is 10.6 Å². The fourth-order valence-corrected chi connectivity index (χ4v) is 1.96. The molecule has 0 atom stereocenters. The van der Waals surface area contributed by atoms with Crippen LogP contribution < -0.4 is 0 Å². The summed E-state index contributed by atoms with van der Waals surface area (Å²) < 4.78 is 13.7. The smallest absolute Gasteiger partial charge is 0.307 e. The van der Waals surface area contributed by atoms with Crippen LogP contribution in [0.4, 0.5) is 4.39 Å². The average molecular weight is 265 g/mol. The summed E-state index contributed by atoms with van der Waals surface area (Å²) in [6, 6.07) is 11.6. The van der Waals surface area contributed by atoms with Crippen LogP contribution in [0.2, 0.25) is 5.02 Å². The molecule has 0 aromatic heterocycles. The molecule has 0 unspecified atom stereocenters. The molecule has 4 heteroatoms. The van der Waals surface area contributed by atoms with Crippen molar-refractivity contribution in [2.45, 2.75) is 6.42 Å². The lowest BCUT2D eigenvalue weighted by Gasteiger charge is -2.06. The van der Waals surface area contributed by atoms with Crippen molar-refractivity contribution in [1.29, 1.82) is 0 Å². The van der Waals surface area contributed by atoms with Crippen molar-refractivity contribution in [1.82, 2.24) is 0 Å². The zero-order valence-electron chi connectivity index (χ0n) is 9.36. The number of carboxylic acids is 1. The van der Waals surface area contributed by atoms with Crippen molar-refractivity contribution in [2.24, 2.45) is 0 Å². The summed E-state index contributed by atoms with van der Waals surface area (Å²) in [4.78, 5) is 10.5. The molecule has 0 aliphatic carbocycles. The standard InChI is InChI=1S/C14H10ClFO2/c15-12-4-2-1-3-11(12)9-5-6-10(8-14(17)18)13(16)7-9/h1-7H,8H2,(H,17,18). The molecule has 0 bridgehead atoms. The molecule has 0 heterocycles. The maximum atomic E-state index is 13.7. The largest absolute Gasteiger partial charge is 0.481 e. The van der Waals surface area contributed by atoms with Gasteiger partial charge in [-0.05, 0) is 23.3 Å². The molecule has 0 radical (unpaired) electrons. The molecule has 92 valence electrons. The maximum absolute atomic E-state index is 13.7. The van der Waals surface area contributed by atoms with Gasteiger partial charge in [0.1, 0.15) is 5.82 Å². The average Bonchev–Trinajstić information content (AvgIpc) is 2.32. The number of carbonyl (C=O) groups is 1. The first-order valence-corrected chi connectivity index (χ1v) is 5.71. The molecule has 0 aliphatic rings. The van der Waals surface area contributed by atoms with Crippen LogP contribution in [0.1, 0.15) is 5.56 Å². The highest BCUT2D eigenvalue weighted by Gasteiger charge is 2.09. The van der Waals surface area contributed by atoms with Crippen molar-refractivity contribution >= 4 is 17.6 Å². The summed E-state index contributed by atoms with van der Waals surface area (Å²) in [6.07, 6.45) is -0.325. The molecule has 0 spiro atoms. The Labute approximate surface area is 109 Å². The number of carboxylic acid groups (broad SMARTS) is 1. The van der Waals surface area contributed by atoms with E-state index in [1.807, 2.05) is 6.07 Å². The lowest BCUT2D eigenvalue weighted by Crippen LogP contribution is -2.02. The zero-order valence-corrected chi connectivity index (χ0v) is 10.1. The van der Waals surface area contributed by atoms with Crippen LogP contribution >= 0.6 is 11.6 Å². The van der Waals surface area contributed by atoms with E-state index in [1.54, 1.807) is 24.3 Å². The molecule has 0 aliphatic heterocycles. The van der Waals surface area contributed by atoms with Gasteiger partial charge in [-0.2, -0.15) is 0 Å². The summed E-state index contributed by atoms with van der Waals surface area (Å²) in [5.41, 5.74) is 1.52. The van der Waals surface area contributed by atoms with Crippen molar-refractivity contribution in [2.75, 3.05) is 0 Å². The molecular weight excluding hydrogens is 255 g/mol. The van der Waals surface area contributed by atoms with E-state index in [0.717, 1.165) is 5.56 Å². The minimum atomic E-state index is -1.06. The highest BCUT2D eigenvalue weighted by molar-refractivity contribution is 6.33. The third-order valence-electron chi connectivity index (χ3n) is 2.58. The van der Waals surface area contributed by atoms with Gasteiger partial charge in [0.2, 0.25) is 0 Å². The molecule has 2 aromatic rings. The number of rotatable bonds is 3. The summed E-state index contributed by atoms with van der Waals surface area (Å²) in [5, 5.41) is 9.16. The second-order valence-electron chi connectivity index (χ2n) is 3.86. The molecule has 2 rings (SSSR count). The SMILES string of the molecule is O=C(O)Cc1ccc(-c2ccccc2Cl)cc1F. The monoisotopic (exact) mass is 264 g/mol. The normalized spacial score (nSPS) is 10.3. The fourth-order valence-electron chi connectivity index (χ4n) is 1.72. The first-order valence-electron chi connectivity index (χ1n) is 5.33. The third-order valence-corrected chi connectivity index (χ3v) is 2.91. The Balaban J connectivity index is 2.40. The molecule has 2 nitrogen and oxygen atoms in total. The molecule has 18 heavy (non-hydrogen) atoms. The van der Waals surface area contributed by atoms with Gasteiger partial charge in [0.25, 0.3) is 0 Å². The Morgan fingerprint density at radius 1 is 1.22 bits per heavy atom. The van der Waals surface area contributed by atoms with E-state index in [4.69, 9.17) is 16.7 Å². The first kappa shape index (κ1) is 12.6. The first-order chi connectivity index (χ1) is 8.58. The number of aliphatic carboxylic acids is 1. The van der Waals surface area contributed by atoms with Gasteiger partial charge in [0, 0.05) is 10.6 Å². The molecule has 0 amide bonds. The van der Waals surface area contributed by atoms with Gasteiger partial charge in [-0.15, -0.1) is 0 Å². The number of benzene rings is 2. The summed E-state index contributed by atoms with van der Waals surface area (Å²) in [5.74, 6) is -1.59. The van der Waals surface area contributed by atoms with Crippen LogP contribution in [0.15, 0.2) is 42.5 Å². The Kier molecular flexibility index (Phi) is 3.63. The number of hydrogen-bond donors (Lipinski definition) is 1. The highest BCUT2D eigenvalue weighted by Crippen LogP contribution is 2.28. The van der Waals surface area contributed by atoms with E-state index in [2.05, 4.69) is 0 Å². The third kappa shape index (κ3) is 2.68. The Bertz CT molecular complexity index is 596. The van der Waals surface area contributed by atoms with Crippen molar-refractivity contribution in [3.63, 3.8) is 0 Å². The van der Waals surface area contributed by atoms with E-state index in [1.165, 1.54) is 12.1 Å². The second kappa shape index (κ2) is 5.19. The second-order valence-corrected chi connectivity index (χ2v) is 4.26. The van der Waals surface area contributed by atoms with E-state index >= 15 is 0 Å². The van der Waals surface area contributed by atoms with E-state index in [-0.39, 0.29) is 12.0 Å². The summed E-state index contributed by atoms with van der Waals surface area (Å²) >= 11 is 6.02. The van der Waals surface area contributed by atoms with Gasteiger partial charge in [-0.25, -0.2) is 4.39 Å². The lowest BCUT2D eigenvalue weighted by molar-refractivity contribution is -0.136. The molecular formula is C14H10ClFO2. The lowest BCUT2D eigenvalue weighted by atomic mass is 10.0. The van der Waals surface area contributed by atoms with E-state index in [9.17, 15) is 9.18 Å². The zero-order chi connectivity index (χ0) is 13.1. The van der Waals surface area contributed by atoms with Gasteiger partial charge < -0.3 is 5.11 Å². The number of halogens is 2. The fraction of sp³-hybridized carbons (Fsp3) is 0.0714. The molecule has 0 saturated heterocycles. The van der Waals surface area contributed by atoms with Crippen molar-refractivity contribution in [3.05, 3.63) is 58.9 Å². The minimum Gasteiger partial charge on any atom is -0.481 e. The predicted molar refractivity (Wildman–Crippen MR) is 68.2 cm³/mol. The molecule has 1 N–H and O–H groups in total. The van der Waals surface area contributed by atoms with Gasteiger partial charge in [0.15, 0.2) is 0 Å². The number of hydrogen-bond acceptors (Lipinski definition) is 1. The van der Waals surface area contributed by atoms with Gasteiger partial charge in [-0.1, -0.05) is 41.9 Å². The van der Waals surface area contributed by atoms with Crippen LogP contribution in [0.25, 0.3) is 11.1 Å². The van der Waals surface area contributed by atoms with Crippen LogP contribution in [0.3, 0.4) is 0 Å². The van der Waals surface area contributed by atoms with Crippen LogP contribution in [0.5, 0.6) is 0 Å².